The monoisotopic (exact) mass is 486 g/mol. The SMILES string of the molecule is CCN(CC)CCN1C(=O)C(=O)C(C(=O)c2ccc3c(c2)OCCO3)C1c1cccc2ccccc12. The number of likely N-dealkylation sites (tertiary alicyclic amines) is 1. The first-order valence-electron chi connectivity index (χ1n) is 12.5. The highest BCUT2D eigenvalue weighted by molar-refractivity contribution is 6.44. The Bertz CT molecular complexity index is 1310. The number of Topliss-reactive ketones (excluding diaryl/α,β-unsaturated/α-hetero) is 2. The van der Waals surface area contributed by atoms with Crippen molar-refractivity contribution in [2.24, 2.45) is 5.92 Å². The Morgan fingerprint density at radius 3 is 2.44 bits per heavy atom. The third-order valence-corrected chi connectivity index (χ3v) is 7.21. The van der Waals surface area contributed by atoms with Gasteiger partial charge in [0.05, 0.1) is 6.04 Å². The minimum Gasteiger partial charge on any atom is -0.486 e. The van der Waals surface area contributed by atoms with Gasteiger partial charge in [-0.2, -0.15) is 0 Å². The highest BCUT2D eigenvalue weighted by Crippen LogP contribution is 2.41. The summed E-state index contributed by atoms with van der Waals surface area (Å²) >= 11 is 0. The average molecular weight is 487 g/mol. The molecule has 1 saturated heterocycles. The normalized spacial score (nSPS) is 19.4. The summed E-state index contributed by atoms with van der Waals surface area (Å²) in [6.45, 7) is 7.64. The van der Waals surface area contributed by atoms with Crippen molar-refractivity contribution in [3.8, 4) is 11.5 Å². The Labute approximate surface area is 210 Å². The van der Waals surface area contributed by atoms with Crippen LogP contribution < -0.4 is 9.47 Å². The number of hydrogen-bond donors (Lipinski definition) is 0. The summed E-state index contributed by atoms with van der Waals surface area (Å²) in [5.74, 6) is -1.73. The lowest BCUT2D eigenvalue weighted by Crippen LogP contribution is -2.38. The van der Waals surface area contributed by atoms with Gasteiger partial charge in [0.25, 0.3) is 5.91 Å². The van der Waals surface area contributed by atoms with Crippen LogP contribution in [0.3, 0.4) is 0 Å². The van der Waals surface area contributed by atoms with E-state index in [1.54, 1.807) is 23.1 Å². The first-order valence-corrected chi connectivity index (χ1v) is 12.5. The van der Waals surface area contributed by atoms with E-state index in [1.807, 2.05) is 42.5 Å². The number of likely N-dealkylation sites (N-methyl/N-ethyl adjacent to an activating group) is 1. The van der Waals surface area contributed by atoms with E-state index in [4.69, 9.17) is 9.47 Å². The topological polar surface area (TPSA) is 76.2 Å². The smallest absolute Gasteiger partial charge is 0.291 e. The maximum atomic E-state index is 13.9. The zero-order valence-electron chi connectivity index (χ0n) is 20.6. The summed E-state index contributed by atoms with van der Waals surface area (Å²) in [6.07, 6.45) is 0. The van der Waals surface area contributed by atoms with Crippen LogP contribution in [0.5, 0.6) is 11.5 Å². The molecule has 5 rings (SSSR count). The summed E-state index contributed by atoms with van der Waals surface area (Å²) in [4.78, 5) is 44.5. The molecule has 2 aliphatic heterocycles. The lowest BCUT2D eigenvalue weighted by molar-refractivity contribution is -0.140. The van der Waals surface area contributed by atoms with Crippen molar-refractivity contribution in [3.63, 3.8) is 0 Å². The Kier molecular flexibility index (Phi) is 6.74. The molecule has 0 aromatic heterocycles. The molecule has 7 nitrogen and oxygen atoms in total. The van der Waals surface area contributed by atoms with Crippen LogP contribution in [0.25, 0.3) is 10.8 Å². The summed E-state index contributed by atoms with van der Waals surface area (Å²) in [6, 6.07) is 18.0. The van der Waals surface area contributed by atoms with Gasteiger partial charge in [0.1, 0.15) is 19.1 Å². The third kappa shape index (κ3) is 4.24. The highest BCUT2D eigenvalue weighted by Gasteiger charge is 2.52. The molecule has 186 valence electrons. The van der Waals surface area contributed by atoms with Crippen LogP contribution in [0.4, 0.5) is 0 Å². The molecule has 3 aromatic rings. The van der Waals surface area contributed by atoms with Crippen LogP contribution in [0.1, 0.15) is 35.8 Å². The minimum atomic E-state index is -1.14. The molecule has 7 heteroatoms. The number of carbonyl (C=O) groups excluding carboxylic acids is 3. The number of nitrogens with zero attached hydrogens (tertiary/aromatic N) is 2. The van der Waals surface area contributed by atoms with Gasteiger partial charge in [-0.05, 0) is 47.6 Å². The largest absolute Gasteiger partial charge is 0.486 e. The molecule has 3 aromatic carbocycles. The van der Waals surface area contributed by atoms with E-state index in [1.165, 1.54) is 0 Å². The molecule has 0 aliphatic carbocycles. The van der Waals surface area contributed by atoms with Crippen molar-refractivity contribution in [3.05, 3.63) is 71.8 Å². The van der Waals surface area contributed by atoms with Crippen LogP contribution in [0.15, 0.2) is 60.7 Å². The van der Waals surface area contributed by atoms with Crippen molar-refractivity contribution in [2.75, 3.05) is 39.4 Å². The predicted molar refractivity (Wildman–Crippen MR) is 136 cm³/mol. The van der Waals surface area contributed by atoms with Crippen molar-refractivity contribution in [1.82, 2.24) is 9.80 Å². The minimum absolute atomic E-state index is 0.334. The van der Waals surface area contributed by atoms with Crippen LogP contribution in [0, 0.1) is 5.92 Å². The van der Waals surface area contributed by atoms with E-state index in [0.717, 1.165) is 29.4 Å². The van der Waals surface area contributed by atoms with Crippen molar-refractivity contribution < 1.29 is 23.9 Å². The Morgan fingerprint density at radius 2 is 1.67 bits per heavy atom. The number of fused-ring (bicyclic) bond motifs is 2. The molecule has 0 spiro atoms. The molecule has 2 unspecified atom stereocenters. The second-order valence-electron chi connectivity index (χ2n) is 9.10. The van der Waals surface area contributed by atoms with Crippen LogP contribution in [-0.4, -0.2) is 66.7 Å². The fraction of sp³-hybridized carbons (Fsp3) is 0.345. The number of hydrogen-bond acceptors (Lipinski definition) is 6. The van der Waals surface area contributed by atoms with Gasteiger partial charge in [0.15, 0.2) is 17.3 Å². The maximum absolute atomic E-state index is 13.9. The molecule has 0 saturated carbocycles. The fourth-order valence-electron chi connectivity index (χ4n) is 5.25. The summed E-state index contributed by atoms with van der Waals surface area (Å²) in [5.41, 5.74) is 1.14. The summed E-state index contributed by atoms with van der Waals surface area (Å²) in [7, 11) is 0. The number of carbonyl (C=O) groups is 3. The van der Waals surface area contributed by atoms with Gasteiger partial charge in [-0.25, -0.2) is 0 Å². The molecule has 1 amide bonds. The molecular weight excluding hydrogens is 456 g/mol. The second-order valence-corrected chi connectivity index (χ2v) is 9.10. The van der Waals surface area contributed by atoms with Crippen molar-refractivity contribution in [1.29, 1.82) is 0 Å². The molecule has 0 bridgehead atoms. The standard InChI is InChI=1S/C29H30N2O5/c1-3-30(4-2)14-15-31-26(22-11-7-9-19-8-5-6-10-21(19)22)25(28(33)29(31)34)27(32)20-12-13-23-24(18-20)36-17-16-35-23/h5-13,18,25-26H,3-4,14-17H2,1-2H3. The number of rotatable bonds is 8. The lowest BCUT2D eigenvalue weighted by Gasteiger charge is -2.30. The quantitative estimate of drug-likeness (QED) is 0.273. The van der Waals surface area contributed by atoms with Gasteiger partial charge in [-0.3, -0.25) is 14.4 Å². The Hall–Kier alpha value is -3.71. The lowest BCUT2D eigenvalue weighted by atomic mass is 9.84. The molecular formula is C29H30N2O5. The molecule has 0 radical (unpaired) electrons. The molecule has 2 atom stereocenters. The molecule has 2 aliphatic rings. The van der Waals surface area contributed by atoms with Gasteiger partial charge >= 0.3 is 0 Å². The first kappa shape index (κ1) is 24.0. The molecule has 1 fully saturated rings. The van der Waals surface area contributed by atoms with Crippen LogP contribution in [0.2, 0.25) is 0 Å². The van der Waals surface area contributed by atoms with E-state index in [-0.39, 0.29) is 5.78 Å². The fourth-order valence-corrected chi connectivity index (χ4v) is 5.25. The molecule has 36 heavy (non-hydrogen) atoms. The molecule has 2 heterocycles. The van der Waals surface area contributed by atoms with E-state index in [2.05, 4.69) is 18.7 Å². The van der Waals surface area contributed by atoms with Crippen molar-refractivity contribution >= 4 is 28.2 Å². The zero-order valence-corrected chi connectivity index (χ0v) is 20.6. The Balaban J connectivity index is 1.58. The van der Waals surface area contributed by atoms with E-state index in [0.29, 0.717) is 43.4 Å². The predicted octanol–water partition coefficient (Wildman–Crippen LogP) is 3.90. The van der Waals surface area contributed by atoms with Gasteiger partial charge in [-0.1, -0.05) is 56.3 Å². The summed E-state index contributed by atoms with van der Waals surface area (Å²) in [5, 5.41) is 1.93. The number of benzene rings is 3. The van der Waals surface area contributed by atoms with Gasteiger partial charge in [0, 0.05) is 18.7 Å². The average Bonchev–Trinajstić information content (AvgIpc) is 3.17. The molecule has 0 N–H and O–H groups in total. The maximum Gasteiger partial charge on any atom is 0.291 e. The second kappa shape index (κ2) is 10.1. The van der Waals surface area contributed by atoms with Crippen LogP contribution in [-0.2, 0) is 9.59 Å². The van der Waals surface area contributed by atoms with E-state index < -0.39 is 23.7 Å². The van der Waals surface area contributed by atoms with Crippen molar-refractivity contribution in [2.45, 2.75) is 19.9 Å². The van der Waals surface area contributed by atoms with E-state index in [9.17, 15) is 14.4 Å². The van der Waals surface area contributed by atoms with Gasteiger partial charge < -0.3 is 19.3 Å². The number of amides is 1. The third-order valence-electron chi connectivity index (χ3n) is 7.21. The number of ether oxygens (including phenoxy) is 2. The summed E-state index contributed by atoms with van der Waals surface area (Å²) < 4.78 is 11.2. The van der Waals surface area contributed by atoms with Gasteiger partial charge in [-0.15, -0.1) is 0 Å². The van der Waals surface area contributed by atoms with Crippen LogP contribution >= 0.6 is 0 Å². The first-order chi connectivity index (χ1) is 17.5. The number of ketones is 2. The van der Waals surface area contributed by atoms with E-state index >= 15 is 0 Å². The zero-order chi connectivity index (χ0) is 25.2. The highest BCUT2D eigenvalue weighted by atomic mass is 16.6. The Morgan fingerprint density at radius 1 is 0.944 bits per heavy atom. The van der Waals surface area contributed by atoms with Gasteiger partial charge in [0.2, 0.25) is 5.78 Å².